The number of fused-ring (bicyclic) bond motifs is 1. The third-order valence-corrected chi connectivity index (χ3v) is 11.2. The van der Waals surface area contributed by atoms with Gasteiger partial charge in [-0.2, -0.15) is 9.97 Å². The third-order valence-electron chi connectivity index (χ3n) is 7.15. The van der Waals surface area contributed by atoms with E-state index in [-0.39, 0.29) is 28.7 Å². The summed E-state index contributed by atoms with van der Waals surface area (Å²) in [6.07, 6.45) is -3.16. The number of aliphatic hydroxyl groups excluding tert-OH is 1. The first-order valence-electron chi connectivity index (χ1n) is 13.5. The minimum absolute atomic E-state index is 0.0951. The fraction of sp³-hybridized carbons (Fsp3) is 0.667. The molecule has 18 nitrogen and oxygen atoms in total. The fourth-order valence-electron chi connectivity index (χ4n) is 4.71. The number of hydrogen-bond acceptors (Lipinski definition) is 15. The highest BCUT2D eigenvalue weighted by Crippen LogP contribution is 2.57. The number of methoxy groups -OCH3 is 1. The van der Waals surface area contributed by atoms with Gasteiger partial charge in [0.2, 0.25) is 11.8 Å². The lowest BCUT2D eigenvalue weighted by atomic mass is 9.96. The molecule has 244 valence electrons. The number of nitrogens with zero attached hydrogens (tertiary/aromatic N) is 6. The van der Waals surface area contributed by atoms with E-state index < -0.39 is 73.5 Å². The predicted molar refractivity (Wildman–Crippen MR) is 156 cm³/mol. The van der Waals surface area contributed by atoms with Gasteiger partial charge in [-0.25, -0.2) is 14.9 Å². The number of urea groups is 1. The molecule has 4 heterocycles. The molecule has 2 aliphatic heterocycles. The van der Waals surface area contributed by atoms with Crippen molar-refractivity contribution in [1.82, 2.24) is 34.4 Å². The van der Waals surface area contributed by atoms with Crippen LogP contribution in [0.4, 0.5) is 10.7 Å². The van der Waals surface area contributed by atoms with Crippen molar-refractivity contribution in [3.8, 4) is 5.88 Å². The lowest BCUT2D eigenvalue weighted by molar-refractivity contribution is -0.149. The lowest BCUT2D eigenvalue weighted by Gasteiger charge is -2.27. The topological polar surface area (TPSA) is 234 Å². The van der Waals surface area contributed by atoms with E-state index in [0.29, 0.717) is 11.4 Å². The van der Waals surface area contributed by atoms with E-state index in [1.165, 1.54) is 50.8 Å². The molecule has 0 aliphatic carbocycles. The quantitative estimate of drug-likeness (QED) is 0.134. The Labute approximate surface area is 256 Å². The molecule has 0 aromatic carbocycles. The average Bonchev–Trinajstić information content (AvgIpc) is 3.52. The van der Waals surface area contributed by atoms with Crippen molar-refractivity contribution >= 4 is 53.1 Å². The number of imidazole rings is 1. The number of carbonyl (C=O) groups is 3. The van der Waals surface area contributed by atoms with Gasteiger partial charge in [0.1, 0.15) is 29.9 Å². The first-order valence-corrected chi connectivity index (χ1v) is 16.7. The molecular weight excluding hydrogens is 623 g/mol. The third kappa shape index (κ3) is 6.49. The number of nitrogens with two attached hydrogens (primary N) is 1. The Morgan fingerprint density at radius 1 is 1.30 bits per heavy atom. The van der Waals surface area contributed by atoms with Gasteiger partial charge >= 0.3 is 18.7 Å². The molecule has 0 saturated carbocycles. The maximum atomic E-state index is 14.1. The first-order chi connectivity index (χ1) is 20.5. The lowest BCUT2D eigenvalue weighted by Crippen LogP contribution is -2.44. The molecule has 2 fully saturated rings. The summed E-state index contributed by atoms with van der Waals surface area (Å²) >= 11 is 0.701. The van der Waals surface area contributed by atoms with Gasteiger partial charge in [-0.05, 0) is 27.7 Å². The summed E-state index contributed by atoms with van der Waals surface area (Å²) in [5, 5.41) is 25.0. The van der Waals surface area contributed by atoms with E-state index in [0.717, 1.165) is 4.90 Å². The van der Waals surface area contributed by atoms with Crippen LogP contribution >= 0.6 is 18.1 Å². The van der Waals surface area contributed by atoms with Crippen molar-refractivity contribution < 1.29 is 47.9 Å². The number of rotatable bonds is 12. The van der Waals surface area contributed by atoms with Gasteiger partial charge in [-0.15, -0.1) is 0 Å². The number of ether oxygens (including phenoxy) is 3. The second kappa shape index (κ2) is 12.7. The largest absolute Gasteiger partial charge is 0.479 e. The number of nitrogens with one attached hydrogen (secondary N) is 1. The maximum Gasteiger partial charge on any atom is 0.327 e. The number of nitrogen functional groups attached to an aromatic ring is 1. The van der Waals surface area contributed by atoms with Crippen molar-refractivity contribution in [3.63, 3.8) is 0 Å². The maximum absolute atomic E-state index is 14.1. The van der Waals surface area contributed by atoms with Crippen molar-refractivity contribution in [1.29, 1.82) is 0 Å². The van der Waals surface area contributed by atoms with Crippen molar-refractivity contribution in [2.24, 2.45) is 0 Å². The van der Waals surface area contributed by atoms with Crippen LogP contribution in [-0.4, -0.2) is 127 Å². The van der Waals surface area contributed by atoms with E-state index >= 15 is 0 Å². The minimum atomic E-state index is -4.06. The predicted octanol–water partition coefficient (Wildman–Crippen LogP) is 0.106. The molecule has 2 aromatic heterocycles. The minimum Gasteiger partial charge on any atom is -0.479 e. The molecule has 0 radical (unpaired) electrons. The number of imide groups is 1. The standard InChI is InChI=1S/C24H37N8O10PS/c1-11(2)41-20(35)12(3)29-43(38,44-9-13-19(34)31(6)23(36)30(13)5)40-8-14-16(33)24(4,37)21(42-14)32-10-26-15-17(32)27-22(25)28-18(15)39-7/h10-14,16,21,33,37H,8-9H2,1-7H3,(H,29,38)(H2,25,27,28)/t12-,13+,14-,16-,21-,24-,43-/m1/s1. The SMILES string of the molecule is COc1nc(N)nc2c1ncn2[C@@H]1O[C@H](CO[P@](=O)(N[C@H](C)C(=O)OC(C)C)SC[C@H]2C(=O)N(C)C(=O)N2C)[C@@H](O)[C@@]1(C)O. The van der Waals surface area contributed by atoms with Gasteiger partial charge in [-0.3, -0.25) is 23.6 Å². The number of esters is 1. The Morgan fingerprint density at radius 3 is 2.57 bits per heavy atom. The molecule has 3 amide bonds. The summed E-state index contributed by atoms with van der Waals surface area (Å²) in [4.78, 5) is 51.9. The number of carbonyl (C=O) groups excluding carboxylic acids is 3. The normalized spacial score (nSPS) is 27.8. The fourth-order valence-corrected chi connectivity index (χ4v) is 8.68. The summed E-state index contributed by atoms with van der Waals surface area (Å²) in [5.74, 6) is -1.36. The number of likely N-dealkylation sites (N-methyl/N-ethyl adjacent to an activating group) is 2. The highest BCUT2D eigenvalue weighted by molar-refractivity contribution is 8.56. The van der Waals surface area contributed by atoms with Gasteiger partial charge < -0.3 is 39.6 Å². The Morgan fingerprint density at radius 2 is 1.98 bits per heavy atom. The Balaban J connectivity index is 1.55. The van der Waals surface area contributed by atoms with Crippen molar-refractivity contribution in [3.05, 3.63) is 6.33 Å². The van der Waals surface area contributed by atoms with Gasteiger partial charge in [0, 0.05) is 19.8 Å². The zero-order valence-electron chi connectivity index (χ0n) is 25.2. The summed E-state index contributed by atoms with van der Waals surface area (Å²) in [5.41, 5.74) is 4.28. The van der Waals surface area contributed by atoms with E-state index in [4.69, 9.17) is 24.5 Å². The Kier molecular flexibility index (Phi) is 9.80. The molecule has 2 aromatic rings. The Hall–Kier alpha value is -3.06. The molecule has 5 N–H and O–H groups in total. The molecule has 2 saturated heterocycles. The second-order valence-corrected chi connectivity index (χ2v) is 15.2. The molecule has 44 heavy (non-hydrogen) atoms. The van der Waals surface area contributed by atoms with Gasteiger partial charge in [0.15, 0.2) is 17.4 Å². The van der Waals surface area contributed by atoms with Gasteiger partial charge in [-0.1, -0.05) is 11.4 Å². The van der Waals surface area contributed by atoms with Crippen LogP contribution in [0.1, 0.15) is 33.9 Å². The van der Waals surface area contributed by atoms with E-state index in [1.54, 1.807) is 13.8 Å². The van der Waals surface area contributed by atoms with Crippen molar-refractivity contribution in [2.45, 2.75) is 69.9 Å². The average molecular weight is 661 g/mol. The summed E-state index contributed by atoms with van der Waals surface area (Å²) in [7, 11) is 4.16. The van der Waals surface area contributed by atoms with Crippen LogP contribution in [0.2, 0.25) is 0 Å². The number of amides is 3. The number of anilines is 1. The van der Waals surface area contributed by atoms with Crippen LogP contribution in [0.15, 0.2) is 6.33 Å². The smallest absolute Gasteiger partial charge is 0.327 e. The molecule has 4 rings (SSSR count). The van der Waals surface area contributed by atoms with Crippen molar-refractivity contribution in [2.75, 3.05) is 39.3 Å². The van der Waals surface area contributed by atoms with Gasteiger partial charge in [0.05, 0.1) is 26.1 Å². The van der Waals surface area contributed by atoms with E-state index in [9.17, 15) is 29.2 Å². The molecule has 0 unspecified atom stereocenters. The number of aliphatic hydroxyl groups is 2. The zero-order valence-corrected chi connectivity index (χ0v) is 26.9. The summed E-state index contributed by atoms with van der Waals surface area (Å²) < 4.78 is 37.6. The monoisotopic (exact) mass is 660 g/mol. The molecule has 20 heteroatoms. The summed E-state index contributed by atoms with van der Waals surface area (Å²) in [6.45, 7) is 1.50. The molecule has 0 bridgehead atoms. The van der Waals surface area contributed by atoms with E-state index in [2.05, 4.69) is 20.0 Å². The molecule has 7 atom stereocenters. The molecule has 0 spiro atoms. The van der Waals surface area contributed by atoms with Gasteiger partial charge in [0.25, 0.3) is 5.91 Å². The van der Waals surface area contributed by atoms with Crippen LogP contribution in [0.25, 0.3) is 11.2 Å². The highest BCUT2D eigenvalue weighted by atomic mass is 32.7. The molecular formula is C24H37N8O10PS. The highest BCUT2D eigenvalue weighted by Gasteiger charge is 2.54. The second-order valence-electron chi connectivity index (χ2n) is 10.8. The van der Waals surface area contributed by atoms with E-state index in [1.807, 2.05) is 0 Å². The van der Waals surface area contributed by atoms with Crippen LogP contribution in [0.5, 0.6) is 5.88 Å². The summed E-state index contributed by atoms with van der Waals surface area (Å²) in [6, 6.07) is -2.56. The van der Waals surface area contributed by atoms with Crippen LogP contribution in [-0.2, 0) is 28.2 Å². The van der Waals surface area contributed by atoms with Crippen LogP contribution in [0.3, 0.4) is 0 Å². The molecule has 2 aliphatic rings. The first kappa shape index (κ1) is 33.8. The zero-order chi connectivity index (χ0) is 32.7. The van der Waals surface area contributed by atoms with Crippen LogP contribution < -0.4 is 15.6 Å². The number of hydrogen-bond donors (Lipinski definition) is 4. The number of aromatic nitrogens is 4. The van der Waals surface area contributed by atoms with Crippen LogP contribution in [0, 0.1) is 0 Å². The Bertz CT molecular complexity index is 1470.